The average Bonchev–Trinajstić information content (AvgIpc) is 2.45. The molecule has 0 radical (unpaired) electrons. The second-order valence-electron chi connectivity index (χ2n) is 5.39. The molecule has 0 aromatic carbocycles. The van der Waals surface area contributed by atoms with Crippen molar-refractivity contribution in [2.75, 3.05) is 13.7 Å². The van der Waals surface area contributed by atoms with Crippen molar-refractivity contribution >= 4 is 6.71 Å². The minimum Gasteiger partial charge on any atom is -0.305 e. The highest BCUT2D eigenvalue weighted by molar-refractivity contribution is 6.58. The number of nitrogens with one attached hydrogen (secondary N) is 1. The van der Waals surface area contributed by atoms with Crippen molar-refractivity contribution in [2.45, 2.75) is 91.6 Å². The maximum atomic E-state index is 4.53. The smallest absolute Gasteiger partial charge is 0.139 e. The summed E-state index contributed by atoms with van der Waals surface area (Å²) in [6, 6.07) is 0. The van der Waals surface area contributed by atoms with Crippen LogP contribution >= 0.6 is 0 Å². The molecule has 0 saturated heterocycles. The highest BCUT2D eigenvalue weighted by Crippen LogP contribution is 2.16. The van der Waals surface area contributed by atoms with E-state index < -0.39 is 0 Å². The molecule has 2 nitrogen and oxygen atoms in total. The normalized spacial score (nSPS) is 9.95. The van der Waals surface area contributed by atoms with Gasteiger partial charge in [-0.3, -0.25) is 0 Å². The van der Waals surface area contributed by atoms with Gasteiger partial charge in [0.15, 0.2) is 0 Å². The molecule has 0 aliphatic carbocycles. The molecule has 0 fully saturated rings. The summed E-state index contributed by atoms with van der Waals surface area (Å²) >= 11 is 0. The van der Waals surface area contributed by atoms with Gasteiger partial charge in [-0.25, -0.2) is 5.48 Å². The van der Waals surface area contributed by atoms with Crippen LogP contribution in [0, 0.1) is 0 Å². The van der Waals surface area contributed by atoms with Crippen LogP contribution in [0.2, 0.25) is 19.0 Å². The number of hydroxylamine groups is 1. The topological polar surface area (TPSA) is 21.3 Å². The van der Waals surface area contributed by atoms with Crippen LogP contribution in [0.1, 0.15) is 72.6 Å². The van der Waals surface area contributed by atoms with Crippen molar-refractivity contribution in [3.63, 3.8) is 0 Å². The van der Waals surface area contributed by atoms with Crippen LogP contribution in [-0.4, -0.2) is 20.4 Å². The zero-order valence-corrected chi connectivity index (χ0v) is 14.3. The van der Waals surface area contributed by atoms with Crippen LogP contribution in [-0.2, 0) is 4.84 Å². The van der Waals surface area contributed by atoms with Crippen LogP contribution in [0.5, 0.6) is 0 Å². The average molecular weight is 271 g/mol. The van der Waals surface area contributed by atoms with Gasteiger partial charge < -0.3 is 4.84 Å². The van der Waals surface area contributed by atoms with Gasteiger partial charge in [0.2, 0.25) is 0 Å². The zero-order chi connectivity index (χ0) is 14.8. The molecule has 0 spiro atoms. The first kappa shape index (κ1) is 21.3. The summed E-state index contributed by atoms with van der Waals surface area (Å²) in [5, 5.41) is 0. The summed E-state index contributed by atoms with van der Waals surface area (Å²) in [5.74, 6) is 0. The molecule has 0 aliphatic heterocycles. The van der Waals surface area contributed by atoms with Crippen molar-refractivity contribution in [3.05, 3.63) is 0 Å². The fourth-order valence-electron chi connectivity index (χ4n) is 2.12. The van der Waals surface area contributed by atoms with E-state index >= 15 is 0 Å². The quantitative estimate of drug-likeness (QED) is 0.290. The van der Waals surface area contributed by atoms with Gasteiger partial charge in [-0.2, -0.15) is 0 Å². The Morgan fingerprint density at radius 2 is 1.16 bits per heavy atom. The van der Waals surface area contributed by atoms with E-state index in [9.17, 15) is 0 Å². The Labute approximate surface area is 123 Å². The highest BCUT2D eigenvalue weighted by atomic mass is 16.6. The lowest BCUT2D eigenvalue weighted by Gasteiger charge is -2.11. The van der Waals surface area contributed by atoms with Crippen LogP contribution in [0.3, 0.4) is 0 Å². The molecule has 0 heterocycles. The van der Waals surface area contributed by atoms with Crippen molar-refractivity contribution in [3.8, 4) is 0 Å². The third kappa shape index (κ3) is 20.5. The molecule has 0 unspecified atom stereocenters. The van der Waals surface area contributed by atoms with Gasteiger partial charge in [-0.1, -0.05) is 85.2 Å². The fourth-order valence-corrected chi connectivity index (χ4v) is 2.12. The van der Waals surface area contributed by atoms with E-state index in [0.29, 0.717) is 0 Å². The van der Waals surface area contributed by atoms with Crippen molar-refractivity contribution < 1.29 is 4.84 Å². The molecule has 0 aromatic heterocycles. The Hall–Kier alpha value is -0.0151. The van der Waals surface area contributed by atoms with Crippen molar-refractivity contribution in [2.24, 2.45) is 0 Å². The predicted molar refractivity (Wildman–Crippen MR) is 90.2 cm³/mol. The van der Waals surface area contributed by atoms with Gasteiger partial charge in [0.1, 0.15) is 6.71 Å². The first-order chi connectivity index (χ1) is 9.26. The molecule has 0 atom stereocenters. The standard InChI is InChI=1S/C12H27B.C4H11NO/c1-4-7-10-13(11-8-5-2)12-9-6-3;1-3-4-5-6-2/h4-12H2,1-3H3;5H,3-4H2,1-2H3. The maximum absolute atomic E-state index is 4.53. The van der Waals surface area contributed by atoms with Crippen LogP contribution in [0.15, 0.2) is 0 Å². The van der Waals surface area contributed by atoms with Gasteiger partial charge in [-0.05, 0) is 6.42 Å². The Morgan fingerprint density at radius 3 is 1.37 bits per heavy atom. The van der Waals surface area contributed by atoms with Crippen LogP contribution in [0.25, 0.3) is 0 Å². The third-order valence-corrected chi connectivity index (χ3v) is 3.39. The largest absolute Gasteiger partial charge is 0.305 e. The molecule has 19 heavy (non-hydrogen) atoms. The second-order valence-corrected chi connectivity index (χ2v) is 5.39. The molecular weight excluding hydrogens is 233 g/mol. The zero-order valence-electron chi connectivity index (χ0n) is 14.3. The first-order valence-electron chi connectivity index (χ1n) is 8.52. The number of hydrogen-bond donors (Lipinski definition) is 1. The summed E-state index contributed by atoms with van der Waals surface area (Å²) in [4.78, 5) is 4.53. The Balaban J connectivity index is 0. The summed E-state index contributed by atoms with van der Waals surface area (Å²) < 4.78 is 0. The summed E-state index contributed by atoms with van der Waals surface area (Å²) in [6.07, 6.45) is 14.0. The molecule has 3 heteroatoms. The summed E-state index contributed by atoms with van der Waals surface area (Å²) in [6.45, 7) is 11.0. The molecule has 1 N–H and O–H groups in total. The Bertz CT molecular complexity index is 122. The molecule has 0 amide bonds. The highest BCUT2D eigenvalue weighted by Gasteiger charge is 2.10. The van der Waals surface area contributed by atoms with Crippen LogP contribution in [0.4, 0.5) is 0 Å². The lowest BCUT2D eigenvalue weighted by molar-refractivity contribution is 0.0920. The predicted octanol–water partition coefficient (Wildman–Crippen LogP) is 5.43. The minimum atomic E-state index is 0.941. The van der Waals surface area contributed by atoms with Gasteiger partial charge in [-0.15, -0.1) is 0 Å². The lowest BCUT2D eigenvalue weighted by atomic mass is 9.41. The number of hydrogen-bond acceptors (Lipinski definition) is 2. The molecular formula is C16H38BNO. The third-order valence-electron chi connectivity index (χ3n) is 3.39. The monoisotopic (exact) mass is 271 g/mol. The second kappa shape index (κ2) is 20.3. The van der Waals surface area contributed by atoms with E-state index in [0.717, 1.165) is 19.7 Å². The van der Waals surface area contributed by atoms with E-state index in [-0.39, 0.29) is 0 Å². The molecule has 0 saturated carbocycles. The molecule has 0 bridgehead atoms. The van der Waals surface area contributed by atoms with E-state index in [4.69, 9.17) is 0 Å². The Morgan fingerprint density at radius 1 is 0.737 bits per heavy atom. The molecule has 0 rings (SSSR count). The summed E-state index contributed by atoms with van der Waals surface area (Å²) in [5.41, 5.74) is 2.70. The van der Waals surface area contributed by atoms with E-state index in [1.807, 2.05) is 0 Å². The molecule has 116 valence electrons. The molecule has 0 aromatic rings. The van der Waals surface area contributed by atoms with Gasteiger partial charge >= 0.3 is 0 Å². The number of rotatable bonds is 12. The van der Waals surface area contributed by atoms with Gasteiger partial charge in [0.05, 0.1) is 7.11 Å². The molecule has 0 aliphatic rings. The number of unbranched alkanes of at least 4 members (excludes halogenated alkanes) is 3. The van der Waals surface area contributed by atoms with Crippen LogP contribution < -0.4 is 5.48 Å². The summed E-state index contributed by atoms with van der Waals surface area (Å²) in [7, 11) is 1.62. The SMILES string of the molecule is CCCCB(CCCC)CCCC.CCCNOC. The lowest BCUT2D eigenvalue weighted by Crippen LogP contribution is -2.11. The van der Waals surface area contributed by atoms with Gasteiger partial charge in [0.25, 0.3) is 0 Å². The minimum absolute atomic E-state index is 0.941. The Kier molecular flexibility index (Phi) is 22.7. The van der Waals surface area contributed by atoms with E-state index in [1.165, 1.54) is 57.5 Å². The fraction of sp³-hybridized carbons (Fsp3) is 1.00. The first-order valence-corrected chi connectivity index (χ1v) is 8.52. The van der Waals surface area contributed by atoms with E-state index in [1.54, 1.807) is 7.11 Å². The van der Waals surface area contributed by atoms with Crippen molar-refractivity contribution in [1.82, 2.24) is 5.48 Å². The van der Waals surface area contributed by atoms with E-state index in [2.05, 4.69) is 38.0 Å². The van der Waals surface area contributed by atoms with Crippen molar-refractivity contribution in [1.29, 1.82) is 0 Å². The maximum Gasteiger partial charge on any atom is 0.139 e. The van der Waals surface area contributed by atoms with Gasteiger partial charge in [0, 0.05) is 6.54 Å².